The van der Waals surface area contributed by atoms with Crippen LogP contribution in [0.3, 0.4) is 0 Å². The number of hydrogen-bond donors (Lipinski definition) is 2. The number of methoxy groups -OCH3 is 1. The molecule has 0 bridgehead atoms. The second-order valence-electron chi connectivity index (χ2n) is 8.36. The van der Waals surface area contributed by atoms with Gasteiger partial charge in [-0.3, -0.25) is 14.8 Å². The second-order valence-corrected chi connectivity index (χ2v) is 8.36. The Balaban J connectivity index is 1.57. The summed E-state index contributed by atoms with van der Waals surface area (Å²) >= 11 is 0. The minimum atomic E-state index is 0.422. The smallest absolute Gasteiger partial charge is 0.191 e. The molecule has 6 nitrogen and oxygen atoms in total. The van der Waals surface area contributed by atoms with Gasteiger partial charge in [0.25, 0.3) is 0 Å². The lowest BCUT2D eigenvalue weighted by atomic mass is 9.85. The molecule has 29 heavy (non-hydrogen) atoms. The molecule has 1 aromatic rings. The SMILES string of the molecule is CCN1CCCC1CNC(=NC)NCC1CCCN(C)C1c1ccc(OC)cc1. The molecule has 2 saturated heterocycles. The van der Waals surface area contributed by atoms with Gasteiger partial charge in [-0.05, 0) is 76.0 Å². The van der Waals surface area contributed by atoms with Gasteiger partial charge in [0, 0.05) is 32.2 Å². The number of rotatable bonds is 7. The third kappa shape index (κ3) is 5.64. The maximum absolute atomic E-state index is 5.33. The maximum Gasteiger partial charge on any atom is 0.191 e. The molecule has 6 heteroatoms. The van der Waals surface area contributed by atoms with Gasteiger partial charge >= 0.3 is 0 Å². The van der Waals surface area contributed by atoms with E-state index < -0.39 is 0 Å². The number of hydrogen-bond acceptors (Lipinski definition) is 4. The summed E-state index contributed by atoms with van der Waals surface area (Å²) in [5, 5.41) is 7.17. The predicted molar refractivity (Wildman–Crippen MR) is 121 cm³/mol. The van der Waals surface area contributed by atoms with E-state index in [0.29, 0.717) is 18.0 Å². The fraction of sp³-hybridized carbons (Fsp3) is 0.696. The van der Waals surface area contributed by atoms with Crippen LogP contribution < -0.4 is 15.4 Å². The van der Waals surface area contributed by atoms with Crippen molar-refractivity contribution in [3.63, 3.8) is 0 Å². The number of aliphatic imine (C=N–C) groups is 1. The molecule has 2 aliphatic rings. The molecular formula is C23H39N5O. The standard InChI is InChI=1S/C23H39N5O/c1-5-28-15-7-9-20(28)17-26-23(24-2)25-16-19-8-6-14-27(3)22(19)18-10-12-21(29-4)13-11-18/h10-13,19-20,22H,5-9,14-17H2,1-4H3,(H2,24,25,26). The molecular weight excluding hydrogens is 362 g/mol. The van der Waals surface area contributed by atoms with Gasteiger partial charge in [-0.25, -0.2) is 0 Å². The number of nitrogens with one attached hydrogen (secondary N) is 2. The molecule has 162 valence electrons. The zero-order valence-electron chi connectivity index (χ0n) is 18.7. The molecule has 0 saturated carbocycles. The Morgan fingerprint density at radius 1 is 1.10 bits per heavy atom. The summed E-state index contributed by atoms with van der Waals surface area (Å²) in [5.74, 6) is 2.40. The van der Waals surface area contributed by atoms with Gasteiger partial charge in [-0.2, -0.15) is 0 Å². The Hall–Kier alpha value is -1.79. The molecule has 0 radical (unpaired) electrons. The molecule has 3 atom stereocenters. The van der Waals surface area contributed by atoms with E-state index >= 15 is 0 Å². The Morgan fingerprint density at radius 3 is 2.52 bits per heavy atom. The van der Waals surface area contributed by atoms with Crippen LogP contribution in [-0.2, 0) is 0 Å². The van der Waals surface area contributed by atoms with Gasteiger partial charge in [0.15, 0.2) is 5.96 Å². The van der Waals surface area contributed by atoms with Crippen LogP contribution >= 0.6 is 0 Å². The number of piperidine rings is 1. The van der Waals surface area contributed by atoms with Crippen molar-refractivity contribution >= 4 is 5.96 Å². The van der Waals surface area contributed by atoms with Gasteiger partial charge in [0.1, 0.15) is 5.75 Å². The fourth-order valence-corrected chi connectivity index (χ4v) is 5.01. The molecule has 0 spiro atoms. The molecule has 2 aliphatic heterocycles. The first-order valence-corrected chi connectivity index (χ1v) is 11.2. The normalized spacial score (nSPS) is 26.5. The summed E-state index contributed by atoms with van der Waals surface area (Å²) in [5.41, 5.74) is 1.37. The number of likely N-dealkylation sites (tertiary alicyclic amines) is 2. The second kappa shape index (κ2) is 10.8. The van der Waals surface area contributed by atoms with Crippen LogP contribution in [0, 0.1) is 5.92 Å². The van der Waals surface area contributed by atoms with E-state index in [1.807, 2.05) is 7.05 Å². The summed E-state index contributed by atoms with van der Waals surface area (Å²) in [7, 11) is 5.83. The zero-order valence-corrected chi connectivity index (χ0v) is 18.7. The fourth-order valence-electron chi connectivity index (χ4n) is 5.01. The molecule has 2 fully saturated rings. The molecule has 3 rings (SSSR count). The Bertz CT molecular complexity index is 647. The third-order valence-electron chi connectivity index (χ3n) is 6.63. The molecule has 0 aromatic heterocycles. The van der Waals surface area contributed by atoms with Crippen molar-refractivity contribution in [3.05, 3.63) is 29.8 Å². The highest BCUT2D eigenvalue weighted by molar-refractivity contribution is 5.79. The third-order valence-corrected chi connectivity index (χ3v) is 6.63. The van der Waals surface area contributed by atoms with Gasteiger partial charge in [-0.1, -0.05) is 19.1 Å². The average Bonchev–Trinajstić information content (AvgIpc) is 3.21. The highest BCUT2D eigenvalue weighted by Gasteiger charge is 2.30. The van der Waals surface area contributed by atoms with Crippen LogP contribution in [0.15, 0.2) is 29.3 Å². The zero-order chi connectivity index (χ0) is 20.6. The minimum absolute atomic E-state index is 0.422. The average molecular weight is 402 g/mol. The summed E-state index contributed by atoms with van der Waals surface area (Å²) in [4.78, 5) is 9.53. The number of likely N-dealkylation sites (N-methyl/N-ethyl adjacent to an activating group) is 1. The van der Waals surface area contributed by atoms with Crippen LogP contribution in [0.1, 0.15) is 44.2 Å². The van der Waals surface area contributed by atoms with Crippen molar-refractivity contribution in [3.8, 4) is 5.75 Å². The number of benzene rings is 1. The minimum Gasteiger partial charge on any atom is -0.497 e. The molecule has 0 amide bonds. The van der Waals surface area contributed by atoms with E-state index in [4.69, 9.17) is 4.74 Å². The molecule has 0 aliphatic carbocycles. The first-order valence-electron chi connectivity index (χ1n) is 11.2. The Morgan fingerprint density at radius 2 is 1.83 bits per heavy atom. The summed E-state index contributed by atoms with van der Waals surface area (Å²) in [6.45, 7) is 7.67. The highest BCUT2D eigenvalue weighted by Crippen LogP contribution is 2.35. The first kappa shape index (κ1) is 21.9. The quantitative estimate of drug-likeness (QED) is 0.544. The highest BCUT2D eigenvalue weighted by atomic mass is 16.5. The van der Waals surface area contributed by atoms with E-state index in [1.54, 1.807) is 7.11 Å². The number of guanidine groups is 1. The summed E-state index contributed by atoms with van der Waals surface area (Å²) in [6.07, 6.45) is 5.07. The predicted octanol–water partition coefficient (Wildman–Crippen LogP) is 2.73. The lowest BCUT2D eigenvalue weighted by Crippen LogP contribution is -2.47. The van der Waals surface area contributed by atoms with Crippen molar-refractivity contribution < 1.29 is 4.74 Å². The molecule has 1 aromatic carbocycles. The van der Waals surface area contributed by atoms with Crippen molar-refractivity contribution in [2.45, 2.75) is 44.7 Å². The molecule has 3 unspecified atom stereocenters. The lowest BCUT2D eigenvalue weighted by Gasteiger charge is -2.40. The lowest BCUT2D eigenvalue weighted by molar-refractivity contribution is 0.122. The monoisotopic (exact) mass is 401 g/mol. The van der Waals surface area contributed by atoms with Gasteiger partial charge < -0.3 is 15.4 Å². The van der Waals surface area contributed by atoms with Gasteiger partial charge in [-0.15, -0.1) is 0 Å². The maximum atomic E-state index is 5.33. The molecule has 2 heterocycles. The molecule has 2 N–H and O–H groups in total. The van der Waals surface area contributed by atoms with Crippen LogP contribution in [0.2, 0.25) is 0 Å². The van der Waals surface area contributed by atoms with Gasteiger partial charge in [0.2, 0.25) is 0 Å². The van der Waals surface area contributed by atoms with E-state index in [0.717, 1.165) is 37.9 Å². The van der Waals surface area contributed by atoms with Crippen LogP contribution in [0.5, 0.6) is 5.75 Å². The summed E-state index contributed by atoms with van der Waals surface area (Å²) < 4.78 is 5.33. The largest absolute Gasteiger partial charge is 0.497 e. The number of nitrogens with zero attached hydrogens (tertiary/aromatic N) is 3. The van der Waals surface area contributed by atoms with E-state index in [2.05, 4.69) is 63.7 Å². The van der Waals surface area contributed by atoms with Gasteiger partial charge in [0.05, 0.1) is 7.11 Å². The van der Waals surface area contributed by atoms with E-state index in [1.165, 1.54) is 37.8 Å². The van der Waals surface area contributed by atoms with Crippen molar-refractivity contribution in [1.82, 2.24) is 20.4 Å². The van der Waals surface area contributed by atoms with Crippen molar-refractivity contribution in [1.29, 1.82) is 0 Å². The van der Waals surface area contributed by atoms with Crippen LogP contribution in [0.25, 0.3) is 0 Å². The van der Waals surface area contributed by atoms with E-state index in [-0.39, 0.29) is 0 Å². The Kier molecular flexibility index (Phi) is 8.19. The topological polar surface area (TPSA) is 52.1 Å². The van der Waals surface area contributed by atoms with Crippen molar-refractivity contribution in [2.24, 2.45) is 10.9 Å². The van der Waals surface area contributed by atoms with E-state index in [9.17, 15) is 0 Å². The Labute approximate surface area is 176 Å². The van der Waals surface area contributed by atoms with Crippen molar-refractivity contribution in [2.75, 3.05) is 53.9 Å². The van der Waals surface area contributed by atoms with Crippen LogP contribution in [-0.4, -0.2) is 75.7 Å². The number of ether oxygens (including phenoxy) is 1. The summed E-state index contributed by atoms with van der Waals surface area (Å²) in [6, 6.07) is 9.63. The van der Waals surface area contributed by atoms with Crippen LogP contribution in [0.4, 0.5) is 0 Å². The first-order chi connectivity index (χ1) is 14.2.